The summed E-state index contributed by atoms with van der Waals surface area (Å²) in [6.07, 6.45) is 9.75. The molecule has 6 nitrogen and oxygen atoms in total. The lowest BCUT2D eigenvalue weighted by atomic mass is 9.88. The van der Waals surface area contributed by atoms with Gasteiger partial charge in [-0.1, -0.05) is 44.7 Å². The van der Waals surface area contributed by atoms with Gasteiger partial charge >= 0.3 is 0 Å². The number of benzene rings is 1. The van der Waals surface area contributed by atoms with Gasteiger partial charge in [0.2, 0.25) is 5.91 Å². The summed E-state index contributed by atoms with van der Waals surface area (Å²) in [6, 6.07) is 8.32. The van der Waals surface area contributed by atoms with E-state index in [0.29, 0.717) is 17.8 Å². The highest BCUT2D eigenvalue weighted by atomic mass is 32.2. The molecule has 1 aromatic rings. The van der Waals surface area contributed by atoms with E-state index >= 15 is 0 Å². The lowest BCUT2D eigenvalue weighted by molar-refractivity contribution is -0.120. The van der Waals surface area contributed by atoms with Crippen LogP contribution in [0, 0.1) is 5.92 Å². The lowest BCUT2D eigenvalue weighted by Gasteiger charge is -2.30. The predicted octanol–water partition coefficient (Wildman–Crippen LogP) is 3.95. The molecule has 2 saturated carbocycles. The Hall–Kier alpha value is -1.89. The minimum Gasteiger partial charge on any atom is -0.354 e. The van der Waals surface area contributed by atoms with Gasteiger partial charge in [0.1, 0.15) is 0 Å². The quantitative estimate of drug-likeness (QED) is 0.437. The Kier molecular flexibility index (Phi) is 9.37. The van der Waals surface area contributed by atoms with Crippen molar-refractivity contribution in [1.82, 2.24) is 10.6 Å². The normalized spacial score (nSPS) is 23.7. The van der Waals surface area contributed by atoms with E-state index in [1.165, 1.54) is 6.42 Å². The average molecular weight is 447 g/mol. The molecule has 0 saturated heterocycles. The summed E-state index contributed by atoms with van der Waals surface area (Å²) in [5, 5.41) is 10.3. The zero-order valence-corrected chi connectivity index (χ0v) is 19.8. The van der Waals surface area contributed by atoms with Gasteiger partial charge in [-0.2, -0.15) is 0 Å². The van der Waals surface area contributed by atoms with Crippen molar-refractivity contribution >= 4 is 28.4 Å². The van der Waals surface area contributed by atoms with Crippen LogP contribution < -0.4 is 16.0 Å². The van der Waals surface area contributed by atoms with E-state index in [2.05, 4.69) is 27.0 Å². The molecule has 0 radical (unpaired) electrons. The number of nitrogens with zero attached hydrogens (tertiary/aromatic N) is 1. The van der Waals surface area contributed by atoms with E-state index in [0.717, 1.165) is 74.3 Å². The van der Waals surface area contributed by atoms with Crippen LogP contribution in [-0.2, 0) is 22.1 Å². The van der Waals surface area contributed by atoms with Crippen molar-refractivity contribution in [2.24, 2.45) is 10.9 Å². The number of hydrogen-bond donors (Lipinski definition) is 3. The van der Waals surface area contributed by atoms with Crippen molar-refractivity contribution in [3.63, 3.8) is 0 Å². The Morgan fingerprint density at radius 1 is 1.13 bits per heavy atom. The fraction of sp³-hybridized carbons (Fsp3) is 0.667. The third-order valence-corrected chi connectivity index (χ3v) is 8.22. The maximum absolute atomic E-state index is 12.5. The van der Waals surface area contributed by atoms with Crippen LogP contribution in [0.1, 0.15) is 70.3 Å². The number of nitrogens with one attached hydrogen (secondary N) is 3. The van der Waals surface area contributed by atoms with Gasteiger partial charge in [0, 0.05) is 53.0 Å². The Morgan fingerprint density at radius 3 is 2.68 bits per heavy atom. The van der Waals surface area contributed by atoms with Gasteiger partial charge in [-0.3, -0.25) is 14.0 Å². The minimum atomic E-state index is -0.729. The Balaban J connectivity index is 1.49. The summed E-state index contributed by atoms with van der Waals surface area (Å²) >= 11 is 0. The van der Waals surface area contributed by atoms with Gasteiger partial charge in [-0.15, -0.1) is 0 Å². The minimum absolute atomic E-state index is 0.151. The number of anilines is 1. The molecule has 0 aliphatic heterocycles. The van der Waals surface area contributed by atoms with Crippen LogP contribution in [0.5, 0.6) is 0 Å². The molecule has 1 amide bonds. The molecule has 3 atom stereocenters. The summed E-state index contributed by atoms with van der Waals surface area (Å²) in [6.45, 7) is 2.63. The number of guanidine groups is 1. The fourth-order valence-electron chi connectivity index (χ4n) is 4.69. The number of aliphatic imine (C=N–C) groups is 1. The summed E-state index contributed by atoms with van der Waals surface area (Å²) in [5.74, 6) is 1.81. The molecule has 0 bridgehead atoms. The number of carbonyl (C=O) groups is 1. The van der Waals surface area contributed by atoms with Crippen LogP contribution in [0.3, 0.4) is 0 Å². The van der Waals surface area contributed by atoms with Crippen LogP contribution in [0.4, 0.5) is 5.69 Å². The van der Waals surface area contributed by atoms with Crippen LogP contribution in [0.25, 0.3) is 0 Å². The van der Waals surface area contributed by atoms with Crippen molar-refractivity contribution in [3.8, 4) is 0 Å². The maximum Gasteiger partial charge on any atom is 0.227 e. The second-order valence-electron chi connectivity index (χ2n) is 8.75. The second kappa shape index (κ2) is 12.2. The smallest absolute Gasteiger partial charge is 0.227 e. The van der Waals surface area contributed by atoms with Crippen LogP contribution in [0.15, 0.2) is 29.3 Å². The molecule has 0 spiro atoms. The highest BCUT2D eigenvalue weighted by molar-refractivity contribution is 7.85. The Bertz CT molecular complexity index is 777. The molecule has 0 heterocycles. The topological polar surface area (TPSA) is 82.6 Å². The van der Waals surface area contributed by atoms with E-state index in [1.807, 2.05) is 25.1 Å². The van der Waals surface area contributed by atoms with E-state index in [1.54, 1.807) is 7.05 Å². The molecule has 2 fully saturated rings. The molecular formula is C24H38N4O2S. The molecule has 1 aromatic carbocycles. The molecule has 2 aliphatic carbocycles. The van der Waals surface area contributed by atoms with Crippen molar-refractivity contribution in [2.45, 2.75) is 82.5 Å². The van der Waals surface area contributed by atoms with Crippen molar-refractivity contribution in [3.05, 3.63) is 29.8 Å². The van der Waals surface area contributed by atoms with E-state index < -0.39 is 10.8 Å². The second-order valence-corrected chi connectivity index (χ2v) is 10.8. The predicted molar refractivity (Wildman–Crippen MR) is 130 cm³/mol. The van der Waals surface area contributed by atoms with Gasteiger partial charge < -0.3 is 16.0 Å². The highest BCUT2D eigenvalue weighted by Crippen LogP contribution is 2.25. The first-order valence-electron chi connectivity index (χ1n) is 11.8. The molecule has 3 N–H and O–H groups in total. The molecule has 7 heteroatoms. The summed E-state index contributed by atoms with van der Waals surface area (Å²) in [5.41, 5.74) is 1.95. The number of amides is 1. The summed E-state index contributed by atoms with van der Waals surface area (Å²) in [4.78, 5) is 16.9. The zero-order chi connectivity index (χ0) is 22.1. The first-order valence-corrected chi connectivity index (χ1v) is 13.2. The third kappa shape index (κ3) is 7.34. The maximum atomic E-state index is 12.5. The Labute approximate surface area is 189 Å². The van der Waals surface area contributed by atoms with E-state index in [-0.39, 0.29) is 11.8 Å². The molecule has 3 unspecified atom stereocenters. The van der Waals surface area contributed by atoms with Crippen molar-refractivity contribution in [2.75, 3.05) is 18.1 Å². The molecule has 3 rings (SSSR count). The fourth-order valence-corrected chi connectivity index (χ4v) is 6.04. The molecular weight excluding hydrogens is 408 g/mol. The largest absolute Gasteiger partial charge is 0.354 e. The van der Waals surface area contributed by atoms with E-state index in [4.69, 9.17) is 0 Å². The monoisotopic (exact) mass is 446 g/mol. The van der Waals surface area contributed by atoms with Crippen LogP contribution >= 0.6 is 0 Å². The van der Waals surface area contributed by atoms with E-state index in [9.17, 15) is 9.00 Å². The number of carbonyl (C=O) groups excluding carboxylic acids is 1. The van der Waals surface area contributed by atoms with Crippen LogP contribution in [0.2, 0.25) is 0 Å². The SMILES string of the molecule is CCS(=O)C1CCCC(NC(=NC)NCc2cccc(NC(=O)C3CCCCC3)c2)C1. The number of rotatable bonds is 7. The van der Waals surface area contributed by atoms with Gasteiger partial charge in [-0.05, 0) is 49.8 Å². The van der Waals surface area contributed by atoms with Gasteiger partial charge in [0.15, 0.2) is 5.96 Å². The first-order chi connectivity index (χ1) is 15.1. The molecule has 2 aliphatic rings. The van der Waals surface area contributed by atoms with Gasteiger partial charge in [0.25, 0.3) is 0 Å². The van der Waals surface area contributed by atoms with Crippen molar-refractivity contribution < 1.29 is 9.00 Å². The lowest BCUT2D eigenvalue weighted by Crippen LogP contribution is -2.46. The summed E-state index contributed by atoms with van der Waals surface area (Å²) in [7, 11) is 1.05. The van der Waals surface area contributed by atoms with Crippen LogP contribution in [-0.4, -0.2) is 40.2 Å². The Morgan fingerprint density at radius 2 is 1.94 bits per heavy atom. The molecule has 0 aromatic heterocycles. The average Bonchev–Trinajstić information content (AvgIpc) is 2.82. The molecule has 172 valence electrons. The molecule has 31 heavy (non-hydrogen) atoms. The highest BCUT2D eigenvalue weighted by Gasteiger charge is 2.26. The number of hydrogen-bond acceptors (Lipinski definition) is 3. The van der Waals surface area contributed by atoms with Gasteiger partial charge in [0.05, 0.1) is 0 Å². The third-order valence-electron chi connectivity index (χ3n) is 6.48. The summed E-state index contributed by atoms with van der Waals surface area (Å²) < 4.78 is 12.2. The van der Waals surface area contributed by atoms with Crippen molar-refractivity contribution in [1.29, 1.82) is 0 Å². The zero-order valence-electron chi connectivity index (χ0n) is 19.0. The standard InChI is InChI=1S/C24H38N4O2S/c1-3-31(30)22-14-8-13-21(16-22)28-24(25-2)26-17-18-9-7-12-20(15-18)27-23(29)19-10-5-4-6-11-19/h7,9,12,15,19,21-22H,3-6,8,10-11,13-14,16-17H2,1-2H3,(H,27,29)(H2,25,26,28). The van der Waals surface area contributed by atoms with Gasteiger partial charge in [-0.25, -0.2) is 0 Å². The first kappa shape index (κ1) is 23.8.